The third-order valence-corrected chi connectivity index (χ3v) is 7.33. The zero-order valence-corrected chi connectivity index (χ0v) is 22.8. The molecule has 0 radical (unpaired) electrons. The highest BCUT2D eigenvalue weighted by molar-refractivity contribution is 7.39. The predicted octanol–water partition coefficient (Wildman–Crippen LogP) is 5.21. The van der Waals surface area contributed by atoms with E-state index < -0.39 is 14.7 Å². The molecule has 1 unspecified atom stereocenters. The minimum atomic E-state index is -2.49. The van der Waals surface area contributed by atoms with Crippen LogP contribution in [0.5, 0.6) is 23.0 Å². The first-order chi connectivity index (χ1) is 19.0. The lowest BCUT2D eigenvalue weighted by atomic mass is 9.88. The molecule has 0 amide bonds. The molecule has 0 aliphatic carbocycles. The molecule has 2 heterocycles. The Morgan fingerprint density at radius 1 is 0.872 bits per heavy atom. The average Bonchev–Trinajstić information content (AvgIpc) is 3.63. The van der Waals surface area contributed by atoms with Gasteiger partial charge in [0.1, 0.15) is 24.2 Å². The molecule has 5 rings (SSSR count). The zero-order chi connectivity index (χ0) is 27.2. The van der Waals surface area contributed by atoms with Gasteiger partial charge in [-0.2, -0.15) is 0 Å². The van der Waals surface area contributed by atoms with Crippen molar-refractivity contribution in [3.63, 3.8) is 0 Å². The number of hydrogen-bond acceptors (Lipinski definition) is 8. The van der Waals surface area contributed by atoms with Gasteiger partial charge < -0.3 is 38.5 Å². The molecule has 0 aromatic heterocycles. The van der Waals surface area contributed by atoms with E-state index in [1.807, 2.05) is 54.6 Å². The molecule has 3 aromatic carbocycles. The monoisotopic (exact) mass is 551 g/mol. The first-order valence-corrected chi connectivity index (χ1v) is 14.4. The van der Waals surface area contributed by atoms with Gasteiger partial charge in [0.2, 0.25) is 6.79 Å². The number of ether oxygens (including phenoxy) is 3. The van der Waals surface area contributed by atoms with Gasteiger partial charge in [-0.25, -0.2) is 0 Å². The van der Waals surface area contributed by atoms with E-state index in [2.05, 4.69) is 11.8 Å². The smallest absolute Gasteiger partial charge is 0.391 e. The number of fused-ring (bicyclic) bond motifs is 1. The van der Waals surface area contributed by atoms with Crippen LogP contribution < -0.4 is 18.7 Å². The number of nitrogens with zero attached hydrogens (tertiary/aromatic N) is 1. The summed E-state index contributed by atoms with van der Waals surface area (Å²) in [6.45, 7) is 5.29. The van der Waals surface area contributed by atoms with Gasteiger partial charge in [-0.1, -0.05) is 37.3 Å². The van der Waals surface area contributed by atoms with Gasteiger partial charge >= 0.3 is 8.60 Å². The number of β-amino-alcohol motifs (C(OH)–C–C–N with tert-alkyl or cyclic N) is 1. The van der Waals surface area contributed by atoms with Crippen molar-refractivity contribution in [3.05, 3.63) is 83.4 Å². The Hall–Kier alpha value is -3.13. The fourth-order valence-electron chi connectivity index (χ4n) is 5.13. The molecular weight excluding hydrogens is 517 g/mol. The molecule has 0 spiro atoms. The fourth-order valence-corrected chi connectivity index (χ4v) is 5.44. The largest absolute Gasteiger partial charge is 0.491 e. The number of allylic oxidation sites excluding steroid dienone is 1. The lowest BCUT2D eigenvalue weighted by Gasteiger charge is -2.20. The Morgan fingerprint density at radius 2 is 1.49 bits per heavy atom. The predicted molar refractivity (Wildman–Crippen MR) is 151 cm³/mol. The van der Waals surface area contributed by atoms with Crippen molar-refractivity contribution in [1.29, 1.82) is 0 Å². The molecule has 1 atom stereocenters. The summed E-state index contributed by atoms with van der Waals surface area (Å²) in [6.07, 6.45) is 2.61. The van der Waals surface area contributed by atoms with E-state index >= 15 is 0 Å². The Morgan fingerprint density at radius 3 is 2.13 bits per heavy atom. The van der Waals surface area contributed by atoms with Crippen molar-refractivity contribution in [2.24, 2.45) is 0 Å². The Kier molecular flexibility index (Phi) is 9.02. The van der Waals surface area contributed by atoms with Gasteiger partial charge in [0, 0.05) is 6.54 Å². The van der Waals surface area contributed by atoms with Crippen LogP contribution in [0.15, 0.2) is 66.7 Å². The van der Waals surface area contributed by atoms with Gasteiger partial charge in [0.25, 0.3) is 0 Å². The first-order valence-electron chi connectivity index (χ1n) is 13.2. The van der Waals surface area contributed by atoms with Crippen LogP contribution in [0.25, 0.3) is 11.1 Å². The van der Waals surface area contributed by atoms with Crippen LogP contribution >= 0.6 is 8.60 Å². The van der Waals surface area contributed by atoms with E-state index in [-0.39, 0.29) is 13.4 Å². The molecule has 1 fully saturated rings. The van der Waals surface area contributed by atoms with Gasteiger partial charge in [0.15, 0.2) is 11.5 Å². The van der Waals surface area contributed by atoms with Gasteiger partial charge in [-0.15, -0.1) is 0 Å². The van der Waals surface area contributed by atoms with Crippen molar-refractivity contribution in [3.8, 4) is 23.0 Å². The number of rotatable bonds is 11. The summed E-state index contributed by atoms with van der Waals surface area (Å²) in [4.78, 5) is 20.7. The van der Waals surface area contributed by atoms with E-state index in [0.717, 1.165) is 58.8 Å². The first kappa shape index (κ1) is 27.4. The summed E-state index contributed by atoms with van der Waals surface area (Å²) < 4.78 is 22.1. The van der Waals surface area contributed by atoms with Gasteiger partial charge in [0.05, 0.1) is 0 Å². The quantitative estimate of drug-likeness (QED) is 0.221. The molecule has 206 valence electrons. The van der Waals surface area contributed by atoms with Crippen LogP contribution in [0.1, 0.15) is 42.9 Å². The van der Waals surface area contributed by atoms with E-state index in [9.17, 15) is 14.9 Å². The molecule has 3 N–H and O–H groups in total. The van der Waals surface area contributed by atoms with E-state index in [1.54, 1.807) is 12.1 Å². The summed E-state index contributed by atoms with van der Waals surface area (Å²) >= 11 is 0. The molecule has 1 saturated heterocycles. The van der Waals surface area contributed by atoms with Crippen molar-refractivity contribution in [2.45, 2.75) is 32.3 Å². The minimum absolute atomic E-state index is 0.213. The number of benzene rings is 3. The van der Waals surface area contributed by atoms with Crippen LogP contribution in [0.4, 0.5) is 0 Å². The highest BCUT2D eigenvalue weighted by Gasteiger charge is 2.19. The second kappa shape index (κ2) is 12.8. The van der Waals surface area contributed by atoms with Crippen LogP contribution in [0, 0.1) is 0 Å². The maximum Gasteiger partial charge on any atom is 0.391 e. The topological polar surface area (TPSA) is 101 Å². The third kappa shape index (κ3) is 6.90. The lowest BCUT2D eigenvalue weighted by Crippen LogP contribution is -2.33. The third-order valence-electron chi connectivity index (χ3n) is 6.96. The fraction of sp³-hybridized carbons (Fsp3) is 0.333. The summed E-state index contributed by atoms with van der Waals surface area (Å²) in [5, 5.41) is 10.4. The molecule has 0 bridgehead atoms. The second-order valence-corrected chi connectivity index (χ2v) is 10.3. The maximum atomic E-state index is 10.4. The summed E-state index contributed by atoms with van der Waals surface area (Å²) in [5.74, 6) is 2.53. The van der Waals surface area contributed by atoms with Gasteiger partial charge in [-0.05, 0) is 96.6 Å². The van der Waals surface area contributed by atoms with E-state index in [0.29, 0.717) is 18.0 Å². The highest BCUT2D eigenvalue weighted by Crippen LogP contribution is 2.40. The van der Waals surface area contributed by atoms with E-state index in [1.165, 1.54) is 12.8 Å². The van der Waals surface area contributed by atoms with Crippen molar-refractivity contribution >= 4 is 19.7 Å². The zero-order valence-electron chi connectivity index (χ0n) is 22.0. The molecule has 9 heteroatoms. The molecule has 39 heavy (non-hydrogen) atoms. The number of aliphatic hydroxyl groups is 1. The number of aliphatic hydroxyl groups excluding tert-OH is 1. The van der Waals surface area contributed by atoms with E-state index in [4.69, 9.17) is 18.7 Å². The maximum absolute atomic E-state index is 10.4. The van der Waals surface area contributed by atoms with Crippen LogP contribution in [0.2, 0.25) is 0 Å². The molecule has 3 aromatic rings. The SMILES string of the molecule is CCC(=C(c1ccc(OCC(O)CN2CCCC2)cc1)c1ccc(OP(O)O)cc1)c1ccc2c(c1)OCO2. The molecule has 2 aliphatic heterocycles. The standard InChI is InChI=1S/C30H34NO7P/c1-2-27(23-9-14-28-29(17-23)37-20-36-28)30(22-7-12-26(13-8-22)38-39(33)34)21-5-10-25(11-6-21)35-19-24(32)18-31-15-3-4-16-31/h5-14,17,24,32-34H,2-4,15-16,18-20H2,1H3. The normalized spacial score (nSPS) is 16.3. The summed E-state index contributed by atoms with van der Waals surface area (Å²) in [7, 11) is -2.49. The molecular formula is C30H34NO7P. The van der Waals surface area contributed by atoms with Crippen LogP contribution in [-0.2, 0) is 0 Å². The molecule has 0 saturated carbocycles. The van der Waals surface area contributed by atoms with Gasteiger partial charge in [-0.3, -0.25) is 0 Å². The lowest BCUT2D eigenvalue weighted by molar-refractivity contribution is 0.0758. The summed E-state index contributed by atoms with van der Waals surface area (Å²) in [6, 6.07) is 21.1. The summed E-state index contributed by atoms with van der Waals surface area (Å²) in [5.41, 5.74) is 5.11. The Labute approximate surface area is 230 Å². The Balaban J connectivity index is 1.43. The number of hydrogen-bond donors (Lipinski definition) is 3. The van der Waals surface area contributed by atoms with Crippen LogP contribution in [0.3, 0.4) is 0 Å². The number of likely N-dealkylation sites (tertiary alicyclic amines) is 1. The van der Waals surface area contributed by atoms with Crippen LogP contribution in [-0.4, -0.2) is 58.9 Å². The average molecular weight is 552 g/mol. The van der Waals surface area contributed by atoms with Crippen molar-refractivity contribution in [2.75, 3.05) is 33.0 Å². The van der Waals surface area contributed by atoms with Crippen molar-refractivity contribution in [1.82, 2.24) is 4.90 Å². The molecule has 2 aliphatic rings. The minimum Gasteiger partial charge on any atom is -0.491 e. The highest BCUT2D eigenvalue weighted by atomic mass is 31.2. The second-order valence-electron chi connectivity index (χ2n) is 9.64. The molecule has 8 nitrogen and oxygen atoms in total. The Bertz CT molecular complexity index is 1270. The van der Waals surface area contributed by atoms with Crippen molar-refractivity contribution < 1.29 is 33.6 Å².